The zero-order valence-electron chi connectivity index (χ0n) is 23.3. The van der Waals surface area contributed by atoms with Crippen LogP contribution in [-0.4, -0.2) is 40.1 Å². The largest absolute Gasteiger partial charge is 0.465 e. The van der Waals surface area contributed by atoms with E-state index >= 15 is 4.39 Å². The molecule has 3 aromatic rings. The lowest BCUT2D eigenvalue weighted by Gasteiger charge is -2.33. The van der Waals surface area contributed by atoms with Gasteiger partial charge in [-0.15, -0.1) is 0 Å². The number of aromatic nitrogens is 2. The molecule has 1 unspecified atom stereocenters. The number of aliphatic hydroxyl groups excluding tert-OH is 1. The van der Waals surface area contributed by atoms with Gasteiger partial charge in [0.1, 0.15) is 11.7 Å². The highest BCUT2D eigenvalue weighted by atomic mass is 19.4. The zero-order chi connectivity index (χ0) is 30.6. The Bertz CT molecular complexity index is 1430. The number of halogens is 4. The molecule has 1 amide bonds. The molecule has 0 spiro atoms. The number of aliphatic hydroxyl groups is 1. The standard InChI is InChI=1S/C30H31F4N3O5/c1-17(2)37(28(39)18-8-5-4-6-9-18)24-14-23(31)25(13-21(24)29(40)41-3)42-27-22(30(32,33)34)12-20(16-36-27)26(38)19-10-7-11-35-15-19/h7,10-18,26,38H,4-6,8-9H2,1-3H3. The summed E-state index contributed by atoms with van der Waals surface area (Å²) in [6, 6.07) is 4.97. The number of amides is 1. The molecule has 2 aromatic heterocycles. The average Bonchev–Trinajstić information content (AvgIpc) is 2.98. The number of benzene rings is 1. The second-order valence-corrected chi connectivity index (χ2v) is 10.3. The molecule has 4 rings (SSSR count). The molecule has 1 fully saturated rings. The summed E-state index contributed by atoms with van der Waals surface area (Å²) in [6.45, 7) is 3.43. The van der Waals surface area contributed by atoms with Gasteiger partial charge in [0, 0.05) is 53.8 Å². The van der Waals surface area contributed by atoms with E-state index in [1.54, 1.807) is 13.8 Å². The predicted molar refractivity (Wildman–Crippen MR) is 145 cm³/mol. The van der Waals surface area contributed by atoms with E-state index in [4.69, 9.17) is 9.47 Å². The van der Waals surface area contributed by atoms with Gasteiger partial charge >= 0.3 is 12.1 Å². The summed E-state index contributed by atoms with van der Waals surface area (Å²) in [4.78, 5) is 35.2. The Balaban J connectivity index is 1.75. The van der Waals surface area contributed by atoms with Crippen LogP contribution in [0.2, 0.25) is 0 Å². The Morgan fingerprint density at radius 2 is 1.79 bits per heavy atom. The van der Waals surface area contributed by atoms with Crippen molar-refractivity contribution in [2.75, 3.05) is 12.0 Å². The number of rotatable bonds is 8. The summed E-state index contributed by atoms with van der Waals surface area (Å²) in [7, 11) is 1.09. The van der Waals surface area contributed by atoms with E-state index in [9.17, 15) is 27.9 Å². The van der Waals surface area contributed by atoms with Gasteiger partial charge in [-0.3, -0.25) is 9.78 Å². The maximum atomic E-state index is 15.5. The van der Waals surface area contributed by atoms with Crippen molar-refractivity contribution in [1.29, 1.82) is 0 Å². The maximum absolute atomic E-state index is 15.5. The second-order valence-electron chi connectivity index (χ2n) is 10.3. The lowest BCUT2D eigenvalue weighted by molar-refractivity contribution is -0.139. The molecule has 0 radical (unpaired) electrons. The lowest BCUT2D eigenvalue weighted by Crippen LogP contribution is -2.42. The van der Waals surface area contributed by atoms with Crippen LogP contribution in [0, 0.1) is 11.7 Å². The average molecular weight is 590 g/mol. The number of hydrogen-bond donors (Lipinski definition) is 1. The highest BCUT2D eigenvalue weighted by Crippen LogP contribution is 2.41. The minimum atomic E-state index is -4.99. The van der Waals surface area contributed by atoms with E-state index in [1.165, 1.54) is 29.4 Å². The van der Waals surface area contributed by atoms with Crippen molar-refractivity contribution < 1.29 is 41.7 Å². The zero-order valence-corrected chi connectivity index (χ0v) is 23.3. The minimum absolute atomic E-state index is 0.0729. The first-order chi connectivity index (χ1) is 19.9. The SMILES string of the molecule is COC(=O)c1cc(Oc2ncc(C(O)c3cccnc3)cc2C(F)(F)F)c(F)cc1N(C(=O)C1CCCCC1)C(C)C. The molecule has 1 N–H and O–H groups in total. The Labute approximate surface area is 240 Å². The fourth-order valence-electron chi connectivity index (χ4n) is 5.03. The van der Waals surface area contributed by atoms with Crippen molar-refractivity contribution in [1.82, 2.24) is 9.97 Å². The van der Waals surface area contributed by atoms with E-state index in [0.29, 0.717) is 18.9 Å². The molecule has 224 valence electrons. The van der Waals surface area contributed by atoms with Crippen molar-refractivity contribution in [2.24, 2.45) is 5.92 Å². The molecule has 1 aromatic carbocycles. The molecule has 1 atom stereocenters. The van der Waals surface area contributed by atoms with Crippen LogP contribution in [0.3, 0.4) is 0 Å². The molecule has 0 bridgehead atoms. The van der Waals surface area contributed by atoms with Crippen LogP contribution < -0.4 is 9.64 Å². The molecule has 42 heavy (non-hydrogen) atoms. The highest BCUT2D eigenvalue weighted by Gasteiger charge is 2.37. The molecule has 0 aliphatic heterocycles. The number of nitrogens with zero attached hydrogens (tertiary/aromatic N) is 3. The van der Waals surface area contributed by atoms with Crippen molar-refractivity contribution in [3.05, 3.63) is 77.0 Å². The fourth-order valence-corrected chi connectivity index (χ4v) is 5.03. The first kappa shape index (κ1) is 30.9. The summed E-state index contributed by atoms with van der Waals surface area (Å²) in [5, 5.41) is 10.6. The third-order valence-electron chi connectivity index (χ3n) is 7.12. The molecule has 8 nitrogen and oxygen atoms in total. The summed E-state index contributed by atoms with van der Waals surface area (Å²) in [5.74, 6) is -4.35. The maximum Gasteiger partial charge on any atom is 0.421 e. The van der Waals surface area contributed by atoms with Gasteiger partial charge in [-0.2, -0.15) is 13.2 Å². The van der Waals surface area contributed by atoms with E-state index in [0.717, 1.165) is 44.7 Å². The van der Waals surface area contributed by atoms with Crippen LogP contribution in [0.15, 0.2) is 48.9 Å². The molecule has 1 saturated carbocycles. The number of carbonyl (C=O) groups excluding carboxylic acids is 2. The number of hydrogen-bond acceptors (Lipinski definition) is 7. The number of pyridine rings is 2. The number of carbonyl (C=O) groups is 2. The van der Waals surface area contributed by atoms with Crippen LogP contribution in [0.4, 0.5) is 23.2 Å². The third kappa shape index (κ3) is 6.70. The Morgan fingerprint density at radius 1 is 1.07 bits per heavy atom. The van der Waals surface area contributed by atoms with Gasteiger partial charge in [0.2, 0.25) is 11.8 Å². The molecular weight excluding hydrogens is 558 g/mol. The number of anilines is 1. The van der Waals surface area contributed by atoms with Crippen LogP contribution in [0.1, 0.15) is 79.1 Å². The highest BCUT2D eigenvalue weighted by molar-refractivity contribution is 6.04. The van der Waals surface area contributed by atoms with E-state index in [1.807, 2.05) is 0 Å². The van der Waals surface area contributed by atoms with Gasteiger partial charge in [-0.05, 0) is 38.8 Å². The molecule has 12 heteroatoms. The number of esters is 1. The summed E-state index contributed by atoms with van der Waals surface area (Å²) in [5.41, 5.74) is -1.66. The van der Waals surface area contributed by atoms with Crippen molar-refractivity contribution in [3.8, 4) is 11.6 Å². The van der Waals surface area contributed by atoms with Gasteiger partial charge in [0.15, 0.2) is 11.6 Å². The van der Waals surface area contributed by atoms with E-state index < -0.39 is 47.3 Å². The van der Waals surface area contributed by atoms with Crippen LogP contribution in [0.25, 0.3) is 0 Å². The molecular formula is C30H31F4N3O5. The first-order valence-corrected chi connectivity index (χ1v) is 13.5. The molecule has 1 aliphatic rings. The van der Waals surface area contributed by atoms with Gasteiger partial charge in [0.25, 0.3) is 0 Å². The summed E-state index contributed by atoms with van der Waals surface area (Å²) in [6.07, 6.45) is 1.35. The van der Waals surface area contributed by atoms with Crippen molar-refractivity contribution >= 4 is 17.6 Å². The Kier molecular flexibility index (Phi) is 9.45. The van der Waals surface area contributed by atoms with Gasteiger partial charge in [0.05, 0.1) is 18.4 Å². The van der Waals surface area contributed by atoms with Crippen molar-refractivity contribution in [3.63, 3.8) is 0 Å². The van der Waals surface area contributed by atoms with Gasteiger partial charge in [-0.25, -0.2) is 14.2 Å². The minimum Gasteiger partial charge on any atom is -0.465 e. The van der Waals surface area contributed by atoms with E-state index in [2.05, 4.69) is 9.97 Å². The quantitative estimate of drug-likeness (QED) is 0.233. The lowest BCUT2D eigenvalue weighted by atomic mass is 9.87. The monoisotopic (exact) mass is 589 g/mol. The van der Waals surface area contributed by atoms with E-state index in [-0.39, 0.29) is 34.2 Å². The Hall–Kier alpha value is -4.06. The second kappa shape index (κ2) is 12.8. The smallest absolute Gasteiger partial charge is 0.421 e. The third-order valence-corrected chi connectivity index (χ3v) is 7.12. The first-order valence-electron chi connectivity index (χ1n) is 13.5. The topological polar surface area (TPSA) is 102 Å². The molecule has 0 saturated heterocycles. The molecule has 1 aliphatic carbocycles. The molecule has 2 heterocycles. The Morgan fingerprint density at radius 3 is 2.38 bits per heavy atom. The number of alkyl halides is 3. The van der Waals surface area contributed by atoms with Crippen LogP contribution in [-0.2, 0) is 15.7 Å². The van der Waals surface area contributed by atoms with Crippen LogP contribution in [0.5, 0.6) is 11.6 Å². The van der Waals surface area contributed by atoms with Crippen LogP contribution >= 0.6 is 0 Å². The predicted octanol–water partition coefficient (Wildman–Crippen LogP) is 6.62. The fraction of sp³-hybridized carbons (Fsp3) is 0.400. The van der Waals surface area contributed by atoms with Gasteiger partial charge < -0.3 is 19.5 Å². The van der Waals surface area contributed by atoms with Crippen molar-refractivity contribution in [2.45, 2.75) is 64.3 Å². The summed E-state index contributed by atoms with van der Waals surface area (Å²) < 4.78 is 67.8. The number of ether oxygens (including phenoxy) is 2. The number of methoxy groups -OCH3 is 1. The summed E-state index contributed by atoms with van der Waals surface area (Å²) >= 11 is 0. The van der Waals surface area contributed by atoms with Gasteiger partial charge in [-0.1, -0.05) is 25.3 Å². The normalized spacial score (nSPS) is 14.9.